The van der Waals surface area contributed by atoms with Gasteiger partial charge in [-0.2, -0.15) is 11.3 Å². The zero-order chi connectivity index (χ0) is 16.1. The van der Waals surface area contributed by atoms with E-state index in [2.05, 4.69) is 15.7 Å². The van der Waals surface area contributed by atoms with Gasteiger partial charge < -0.3 is 5.32 Å². The average molecular weight is 343 g/mol. The highest BCUT2D eigenvalue weighted by Crippen LogP contribution is 2.20. The summed E-state index contributed by atoms with van der Waals surface area (Å²) in [6.07, 6.45) is 2.05. The molecule has 0 unspecified atom stereocenters. The van der Waals surface area contributed by atoms with E-state index in [1.165, 1.54) is 0 Å². The maximum absolute atomic E-state index is 12.1. The van der Waals surface area contributed by atoms with Gasteiger partial charge in [0.1, 0.15) is 0 Å². The van der Waals surface area contributed by atoms with Crippen molar-refractivity contribution in [3.05, 3.63) is 75.6 Å². The average Bonchev–Trinajstić information content (AvgIpc) is 3.10. The van der Waals surface area contributed by atoms with E-state index in [0.717, 1.165) is 22.4 Å². The molecule has 0 aliphatic rings. The number of benzene rings is 1. The highest BCUT2D eigenvalue weighted by Gasteiger charge is 2.07. The van der Waals surface area contributed by atoms with Crippen molar-refractivity contribution in [2.45, 2.75) is 13.0 Å². The van der Waals surface area contributed by atoms with Crippen LogP contribution in [0.5, 0.6) is 0 Å². The van der Waals surface area contributed by atoms with E-state index in [1.807, 2.05) is 41.8 Å². The first kappa shape index (κ1) is 15.7. The van der Waals surface area contributed by atoms with Gasteiger partial charge in [0.15, 0.2) is 0 Å². The second kappa shape index (κ2) is 7.40. The number of carbonyl (C=O) groups excluding carboxylic acids is 1. The zero-order valence-electron chi connectivity index (χ0n) is 12.3. The van der Waals surface area contributed by atoms with Crippen LogP contribution in [-0.2, 0) is 17.8 Å². The van der Waals surface area contributed by atoms with Crippen LogP contribution < -0.4 is 5.32 Å². The number of nitrogens with zero attached hydrogens (tertiary/aromatic N) is 1. The van der Waals surface area contributed by atoms with Crippen LogP contribution in [0, 0.1) is 0 Å². The second-order valence-corrected chi connectivity index (χ2v) is 6.29. The van der Waals surface area contributed by atoms with Gasteiger partial charge in [0.25, 0.3) is 0 Å². The molecule has 3 aromatic rings. The van der Waals surface area contributed by atoms with E-state index < -0.39 is 0 Å². The minimum Gasteiger partial charge on any atom is -0.352 e. The highest BCUT2D eigenvalue weighted by molar-refractivity contribution is 7.08. The molecule has 0 radical (unpaired) electrons. The van der Waals surface area contributed by atoms with Crippen molar-refractivity contribution >= 4 is 28.8 Å². The van der Waals surface area contributed by atoms with Crippen LogP contribution in [0.15, 0.2) is 59.4 Å². The lowest BCUT2D eigenvalue weighted by molar-refractivity contribution is -0.120. The summed E-state index contributed by atoms with van der Waals surface area (Å²) in [5.74, 6) is -0.0491. The molecular weight excluding hydrogens is 328 g/mol. The molecule has 0 saturated carbocycles. The van der Waals surface area contributed by atoms with Gasteiger partial charge in [-0.05, 0) is 40.8 Å². The van der Waals surface area contributed by atoms with Gasteiger partial charge in [0, 0.05) is 28.7 Å². The smallest absolute Gasteiger partial charge is 0.224 e. The summed E-state index contributed by atoms with van der Waals surface area (Å²) in [5, 5.41) is 7.62. The molecule has 2 aromatic heterocycles. The lowest BCUT2D eigenvalue weighted by atomic mass is 10.1. The number of hydrogen-bond donors (Lipinski definition) is 1. The van der Waals surface area contributed by atoms with Gasteiger partial charge in [-0.25, -0.2) is 0 Å². The van der Waals surface area contributed by atoms with Gasteiger partial charge >= 0.3 is 0 Å². The molecule has 1 amide bonds. The Labute approximate surface area is 144 Å². The number of pyridine rings is 1. The van der Waals surface area contributed by atoms with Crippen LogP contribution in [0.3, 0.4) is 0 Å². The number of amides is 1. The largest absolute Gasteiger partial charge is 0.352 e. The minimum atomic E-state index is -0.0491. The third kappa shape index (κ3) is 4.18. The molecule has 23 heavy (non-hydrogen) atoms. The van der Waals surface area contributed by atoms with Crippen molar-refractivity contribution in [1.29, 1.82) is 0 Å². The molecule has 1 N–H and O–H groups in total. The van der Waals surface area contributed by atoms with Gasteiger partial charge in [0.2, 0.25) is 5.91 Å². The van der Waals surface area contributed by atoms with Crippen LogP contribution in [0.4, 0.5) is 0 Å². The Hall–Kier alpha value is -2.17. The summed E-state index contributed by atoms with van der Waals surface area (Å²) in [6, 6.07) is 13.3. The number of hydrogen-bond acceptors (Lipinski definition) is 3. The summed E-state index contributed by atoms with van der Waals surface area (Å²) in [4.78, 5) is 16.4. The van der Waals surface area contributed by atoms with E-state index >= 15 is 0 Å². The fourth-order valence-electron chi connectivity index (χ4n) is 2.23. The molecule has 0 atom stereocenters. The number of nitrogens with one attached hydrogen (secondary N) is 1. The number of halogens is 1. The van der Waals surface area contributed by atoms with E-state index in [-0.39, 0.29) is 12.3 Å². The van der Waals surface area contributed by atoms with E-state index in [4.69, 9.17) is 11.6 Å². The van der Waals surface area contributed by atoms with Crippen LogP contribution in [-0.4, -0.2) is 10.9 Å². The fraction of sp³-hybridized carbons (Fsp3) is 0.111. The van der Waals surface area contributed by atoms with Crippen molar-refractivity contribution in [3.63, 3.8) is 0 Å². The van der Waals surface area contributed by atoms with Gasteiger partial charge in [-0.3, -0.25) is 9.78 Å². The predicted octanol–water partition coefficient (Wildman–Crippen LogP) is 4.32. The maximum atomic E-state index is 12.1. The molecule has 0 fully saturated rings. The Morgan fingerprint density at radius 2 is 2.09 bits per heavy atom. The van der Waals surface area contributed by atoms with Crippen LogP contribution in [0.25, 0.3) is 11.3 Å². The molecule has 0 saturated heterocycles. The summed E-state index contributed by atoms with van der Waals surface area (Å²) < 4.78 is 0. The Morgan fingerprint density at radius 3 is 2.87 bits per heavy atom. The number of carbonyl (C=O) groups is 1. The maximum Gasteiger partial charge on any atom is 0.224 e. The van der Waals surface area contributed by atoms with Crippen molar-refractivity contribution in [1.82, 2.24) is 10.3 Å². The molecule has 3 rings (SSSR count). The third-order valence-corrected chi connectivity index (χ3v) is 4.49. The van der Waals surface area contributed by atoms with Crippen LogP contribution in [0.2, 0.25) is 5.02 Å². The van der Waals surface area contributed by atoms with E-state index in [9.17, 15) is 4.79 Å². The number of aromatic nitrogens is 1. The molecule has 2 heterocycles. The topological polar surface area (TPSA) is 42.0 Å². The van der Waals surface area contributed by atoms with Crippen molar-refractivity contribution in [2.24, 2.45) is 0 Å². The van der Waals surface area contributed by atoms with Crippen LogP contribution in [0.1, 0.15) is 11.1 Å². The summed E-state index contributed by atoms with van der Waals surface area (Å²) in [6.45, 7) is 0.475. The Kier molecular flexibility index (Phi) is 5.05. The monoisotopic (exact) mass is 342 g/mol. The first-order chi connectivity index (χ1) is 11.2. The first-order valence-electron chi connectivity index (χ1n) is 7.20. The molecule has 3 nitrogen and oxygen atoms in total. The molecule has 0 aliphatic heterocycles. The van der Waals surface area contributed by atoms with Gasteiger partial charge in [-0.1, -0.05) is 29.8 Å². The van der Waals surface area contributed by atoms with Gasteiger partial charge in [-0.15, -0.1) is 0 Å². The zero-order valence-corrected chi connectivity index (χ0v) is 13.9. The van der Waals surface area contributed by atoms with Gasteiger partial charge in [0.05, 0.1) is 12.1 Å². The SMILES string of the molecule is O=C(Cc1ccccc1Cl)NCc1ccnc(-c2ccsc2)c1. The molecule has 0 spiro atoms. The number of thiophene rings is 1. The Morgan fingerprint density at radius 1 is 1.22 bits per heavy atom. The molecule has 5 heteroatoms. The van der Waals surface area contributed by atoms with E-state index in [1.54, 1.807) is 23.6 Å². The minimum absolute atomic E-state index is 0.0491. The summed E-state index contributed by atoms with van der Waals surface area (Å²) >= 11 is 7.71. The number of rotatable bonds is 5. The van der Waals surface area contributed by atoms with Crippen LogP contribution >= 0.6 is 22.9 Å². The normalized spacial score (nSPS) is 10.5. The predicted molar refractivity (Wildman–Crippen MR) is 94.6 cm³/mol. The fourth-order valence-corrected chi connectivity index (χ4v) is 3.08. The quantitative estimate of drug-likeness (QED) is 0.750. The Bertz CT molecular complexity index is 802. The molecule has 1 aromatic carbocycles. The summed E-state index contributed by atoms with van der Waals surface area (Å²) in [5.41, 5.74) is 3.87. The molecule has 116 valence electrons. The van der Waals surface area contributed by atoms with E-state index in [0.29, 0.717) is 11.6 Å². The van der Waals surface area contributed by atoms with Crippen molar-refractivity contribution < 1.29 is 4.79 Å². The van der Waals surface area contributed by atoms with Crippen molar-refractivity contribution in [2.75, 3.05) is 0 Å². The molecular formula is C18H15ClN2OS. The third-order valence-electron chi connectivity index (χ3n) is 3.44. The lowest BCUT2D eigenvalue weighted by Gasteiger charge is -2.07. The Balaban J connectivity index is 1.61. The van der Waals surface area contributed by atoms with Crippen molar-refractivity contribution in [3.8, 4) is 11.3 Å². The summed E-state index contributed by atoms with van der Waals surface area (Å²) in [7, 11) is 0. The standard InChI is InChI=1S/C18H15ClN2OS/c19-16-4-2-1-3-14(16)10-18(22)21-11-13-5-7-20-17(9-13)15-6-8-23-12-15/h1-9,12H,10-11H2,(H,21,22). The highest BCUT2D eigenvalue weighted by atomic mass is 35.5. The second-order valence-electron chi connectivity index (χ2n) is 5.11. The lowest BCUT2D eigenvalue weighted by Crippen LogP contribution is -2.24. The molecule has 0 bridgehead atoms. The molecule has 0 aliphatic carbocycles. The first-order valence-corrected chi connectivity index (χ1v) is 8.52.